The van der Waals surface area contributed by atoms with Gasteiger partial charge in [-0.2, -0.15) is 4.68 Å². The Balaban J connectivity index is 0.706. The molecule has 3 aromatic carbocycles. The number of nitrogens with zero attached hydrogens (tertiary/aromatic N) is 7. The number of rotatable bonds is 21. The number of hydrogen-bond donors (Lipinski definition) is 4. The number of nitrogens with two attached hydrogens (primary N) is 1. The Bertz CT molecular complexity index is 3310. The summed E-state index contributed by atoms with van der Waals surface area (Å²) in [6.45, 7) is 18.3. The quantitative estimate of drug-likeness (QED) is 0.0404. The molecule has 0 spiro atoms. The van der Waals surface area contributed by atoms with E-state index in [-0.39, 0.29) is 112 Å². The Morgan fingerprint density at radius 3 is 2.44 bits per heavy atom. The van der Waals surface area contributed by atoms with Gasteiger partial charge in [-0.1, -0.05) is 57.7 Å². The number of fused-ring (bicyclic) bond motifs is 10. The van der Waals surface area contributed by atoms with Crippen molar-refractivity contribution < 1.29 is 42.6 Å². The van der Waals surface area contributed by atoms with E-state index < -0.39 is 29.4 Å². The van der Waals surface area contributed by atoms with Crippen molar-refractivity contribution in [2.24, 2.45) is 5.41 Å². The summed E-state index contributed by atoms with van der Waals surface area (Å²) in [5.74, 6) is -0.299. The van der Waals surface area contributed by atoms with Crippen molar-refractivity contribution >= 4 is 46.7 Å². The molecule has 10 rings (SSSR count). The number of aromatic nitrogens is 3. The van der Waals surface area contributed by atoms with Crippen molar-refractivity contribution in [3.8, 4) is 16.9 Å². The number of nitrogen functional groups attached to an aromatic ring is 1. The van der Waals surface area contributed by atoms with E-state index >= 15 is 0 Å². The van der Waals surface area contributed by atoms with Gasteiger partial charge in [-0.25, -0.2) is 9.37 Å². The van der Waals surface area contributed by atoms with E-state index in [4.69, 9.17) is 31.6 Å². The van der Waals surface area contributed by atoms with Crippen LogP contribution < -0.4 is 31.3 Å². The maximum atomic E-state index is 14.9. The smallest absolute Gasteiger partial charge is 0.260 e. The summed E-state index contributed by atoms with van der Waals surface area (Å²) in [5.41, 5.74) is 13.5. The molecule has 84 heavy (non-hydrogen) atoms. The highest BCUT2D eigenvalue weighted by Crippen LogP contribution is 2.45. The van der Waals surface area contributed by atoms with E-state index in [1.54, 1.807) is 35.8 Å². The number of pyridine rings is 1. The molecular weight excluding hydrogens is 1070 g/mol. The first-order valence-corrected chi connectivity index (χ1v) is 29.7. The van der Waals surface area contributed by atoms with Crippen LogP contribution in [0.4, 0.5) is 21.7 Å². The minimum absolute atomic E-state index is 0.00898. The molecule has 5 N–H and O–H groups in total. The number of carbonyl (C=O) groups is 5. The summed E-state index contributed by atoms with van der Waals surface area (Å²) >= 11 is 0. The van der Waals surface area contributed by atoms with Crippen molar-refractivity contribution in [2.45, 2.75) is 154 Å². The fourth-order valence-corrected chi connectivity index (χ4v) is 12.2. The van der Waals surface area contributed by atoms with E-state index in [0.29, 0.717) is 77.6 Å². The summed E-state index contributed by atoms with van der Waals surface area (Å²) in [6.07, 6.45) is 8.71. The number of amides is 4. The fraction of sp³-hybridized carbons (Fsp3) is 0.500. The Morgan fingerprint density at radius 2 is 1.67 bits per heavy atom. The van der Waals surface area contributed by atoms with Gasteiger partial charge in [-0.3, -0.25) is 24.0 Å². The Labute approximate surface area is 491 Å². The average Bonchev–Trinajstić information content (AvgIpc) is 3.06. The largest absolute Gasteiger partial charge is 0.491 e. The molecule has 0 radical (unpaired) electrons. The van der Waals surface area contributed by atoms with E-state index in [9.17, 15) is 28.4 Å². The molecule has 2 bridgehead atoms. The van der Waals surface area contributed by atoms with Crippen LogP contribution in [0.15, 0.2) is 72.9 Å². The van der Waals surface area contributed by atoms with Gasteiger partial charge in [0.1, 0.15) is 47.6 Å². The Kier molecular flexibility index (Phi) is 18.4. The molecule has 2 aliphatic carbocycles. The number of ketones is 1. The second-order valence-corrected chi connectivity index (χ2v) is 23.9. The second-order valence-electron chi connectivity index (χ2n) is 23.9. The predicted octanol–water partition coefficient (Wildman–Crippen LogP) is 8.11. The van der Waals surface area contributed by atoms with Crippen LogP contribution in [0.3, 0.4) is 0 Å². The van der Waals surface area contributed by atoms with E-state index in [1.807, 2.05) is 62.1 Å². The van der Waals surface area contributed by atoms with Crippen molar-refractivity contribution in [3.63, 3.8) is 0 Å². The van der Waals surface area contributed by atoms with Gasteiger partial charge >= 0.3 is 0 Å². The third kappa shape index (κ3) is 13.3. The number of Topliss-reactive ketones (excluding diaryl/α,β-unsaturated/α-hetero) is 1. The lowest BCUT2D eigenvalue weighted by atomic mass is 9.83. The summed E-state index contributed by atoms with van der Waals surface area (Å²) in [6, 6.07) is 17.5. The molecule has 19 nitrogen and oxygen atoms in total. The van der Waals surface area contributed by atoms with Gasteiger partial charge in [0.25, 0.3) is 11.7 Å². The molecule has 0 unspecified atom stereocenters. The Morgan fingerprint density at radius 1 is 0.881 bits per heavy atom. The molecule has 3 aliphatic heterocycles. The zero-order chi connectivity index (χ0) is 59.2. The molecule has 444 valence electrons. The third-order valence-electron chi connectivity index (χ3n) is 17.0. The maximum Gasteiger partial charge on any atom is 0.260 e. The number of hydrogen-bond acceptors (Lipinski definition) is 13. The van der Waals surface area contributed by atoms with Crippen LogP contribution in [0.1, 0.15) is 141 Å². The van der Waals surface area contributed by atoms with Crippen LogP contribution in [0.2, 0.25) is 0 Å². The highest BCUT2D eigenvalue weighted by atomic mass is 19.1. The Hall–Kier alpha value is -7.73. The highest BCUT2D eigenvalue weighted by molar-refractivity contribution is 5.97. The average molecular weight is 1150 g/mol. The molecule has 20 heteroatoms. The van der Waals surface area contributed by atoms with Crippen LogP contribution in [0, 0.1) is 17.8 Å². The first-order chi connectivity index (χ1) is 40.5. The molecule has 2 fully saturated rings. The fourth-order valence-electron chi connectivity index (χ4n) is 12.2. The van der Waals surface area contributed by atoms with E-state index in [0.717, 1.165) is 55.2 Å². The van der Waals surface area contributed by atoms with Gasteiger partial charge < -0.3 is 55.4 Å². The first-order valence-electron chi connectivity index (χ1n) is 29.7. The number of carbonyl (C=O) groups excluding carboxylic acids is 5. The molecule has 2 aromatic heterocycles. The summed E-state index contributed by atoms with van der Waals surface area (Å²) < 4.78 is 34.2. The highest BCUT2D eigenvalue weighted by Gasteiger charge is 2.44. The van der Waals surface area contributed by atoms with Crippen LogP contribution in [-0.2, 0) is 61.1 Å². The number of halogens is 1. The molecule has 5 aliphatic rings. The lowest BCUT2D eigenvalue weighted by Gasteiger charge is -2.41. The van der Waals surface area contributed by atoms with Gasteiger partial charge in [0.05, 0.1) is 63.3 Å². The minimum atomic E-state index is -0.903. The van der Waals surface area contributed by atoms with E-state index in [1.165, 1.54) is 17.7 Å². The van der Waals surface area contributed by atoms with Crippen LogP contribution in [0.25, 0.3) is 16.0 Å². The van der Waals surface area contributed by atoms with Crippen LogP contribution >= 0.6 is 0 Å². The summed E-state index contributed by atoms with van der Waals surface area (Å²) in [5, 5.41) is 14.2. The zero-order valence-corrected chi connectivity index (χ0v) is 48.9. The molecule has 4 amide bonds. The minimum Gasteiger partial charge on any atom is -0.491 e. The van der Waals surface area contributed by atoms with Crippen LogP contribution in [0.5, 0.6) is 5.75 Å². The molecular formula is C64H78FN11O8. The van der Waals surface area contributed by atoms with Crippen molar-refractivity contribution in [2.75, 3.05) is 57.3 Å². The van der Waals surface area contributed by atoms with Gasteiger partial charge in [-0.05, 0) is 141 Å². The lowest BCUT2D eigenvalue weighted by molar-refractivity contribution is -0.147. The first kappa shape index (κ1) is 59.4. The zero-order valence-electron chi connectivity index (χ0n) is 48.9. The maximum absolute atomic E-state index is 14.9. The van der Waals surface area contributed by atoms with Crippen molar-refractivity contribution in [1.82, 2.24) is 40.5 Å². The molecule has 5 atom stereocenters. The van der Waals surface area contributed by atoms with Gasteiger partial charge in [0, 0.05) is 55.7 Å². The summed E-state index contributed by atoms with van der Waals surface area (Å²) in [4.78, 5) is 84.1. The number of likely N-dealkylation sites (N-methyl/N-ethyl adjacent to an activating group) is 1. The van der Waals surface area contributed by atoms with Gasteiger partial charge in [-0.15, -0.1) is 5.10 Å². The lowest BCUT2D eigenvalue weighted by Crippen LogP contribution is -2.62. The van der Waals surface area contributed by atoms with E-state index in [2.05, 4.69) is 42.8 Å². The van der Waals surface area contributed by atoms with Crippen molar-refractivity contribution in [3.05, 3.63) is 129 Å². The molecule has 5 aromatic rings. The standard InChI is InChI=1S/C64H78FN11O8/c1-39(67-5)60(78)71-57(64(2,3)4)63(81)75-37-43-32-47(22-18-41(43)33-55(75)61(79)70-51-16-9-13-40-12-7-8-15-48(40)51)84-31-30-83-29-28-82-27-24-46(77)14-10-26-76-59(68-6)56-42-34-54(58(66)69-36-42)73-25-11-17-53(73)50-35-44(65)19-23-49(50)62(80)74(45-20-21-45)38-52(56)72-76/h7-8,12,15,18-19,22-23,32,34-36,39,45,51,53,55,57,67H,9-11,13-14,16-17,20-21,24-31,33,37-38H2,1-5H3,(H2,66,69)(H,70,79)(H,71,78)/t39-,51+,53+,55-,57+/m0/s1. The van der Waals surface area contributed by atoms with Gasteiger partial charge in [0.2, 0.25) is 17.7 Å². The van der Waals surface area contributed by atoms with Crippen molar-refractivity contribution in [1.29, 1.82) is 0 Å². The number of aryl methyl sites for hydroxylation is 2. The molecule has 5 heterocycles. The number of nitrogens with one attached hydrogen (secondary N) is 3. The third-order valence-corrected chi connectivity index (χ3v) is 17.0. The topological polar surface area (TPSA) is 220 Å². The summed E-state index contributed by atoms with van der Waals surface area (Å²) in [7, 11) is 1.69. The van der Waals surface area contributed by atoms with Gasteiger partial charge in [0.15, 0.2) is 0 Å². The second kappa shape index (κ2) is 26.0. The predicted molar refractivity (Wildman–Crippen MR) is 315 cm³/mol. The molecule has 1 saturated carbocycles. The number of anilines is 2. The monoisotopic (exact) mass is 1150 g/mol. The molecule has 1 saturated heterocycles. The number of ether oxygens (including phenoxy) is 3. The SMILES string of the molecule is [C-]#[N+]c1c2c(nn1CCCC(=O)CCOCCOCCOc1ccc3c(c1)CN(C(=O)[C@@H](NC(=O)[C@H](C)NC)C(C)(C)C)[C@H](C(=O)N[C@@H]1CCCc4ccccc41)C3)CN(C1CC1)C(=O)c1ccc(F)cc1[C@H]1CCCN1c1cc-2cnc1N. The van der Waals surface area contributed by atoms with Crippen LogP contribution in [-0.4, -0.2) is 125 Å². The number of benzene rings is 3. The normalized spacial score (nSPS) is 19.0.